The first-order valence-corrected chi connectivity index (χ1v) is 18.2. The summed E-state index contributed by atoms with van der Waals surface area (Å²) in [5, 5.41) is 4.77. The Bertz CT molecular complexity index is 3000. The van der Waals surface area contributed by atoms with E-state index in [1.54, 1.807) is 0 Å². The van der Waals surface area contributed by atoms with Gasteiger partial charge in [-0.15, -0.1) is 0 Å². The van der Waals surface area contributed by atoms with Gasteiger partial charge in [-0.05, 0) is 41.5 Å². The van der Waals surface area contributed by atoms with Gasteiger partial charge in [0, 0.05) is 60.5 Å². The molecule has 250 valence electrons. The van der Waals surface area contributed by atoms with E-state index in [-0.39, 0.29) is 5.41 Å². The average molecular weight is 680 g/mol. The Kier molecular flexibility index (Phi) is 6.27. The molecule has 3 heterocycles. The number of aromatic nitrogens is 3. The monoisotopic (exact) mass is 679 g/mol. The van der Waals surface area contributed by atoms with E-state index in [1.165, 1.54) is 43.9 Å². The largest absolute Gasteiger partial charge is 0.456 e. The molecule has 0 bridgehead atoms. The maximum atomic E-state index is 6.86. The van der Waals surface area contributed by atoms with Gasteiger partial charge < -0.3 is 8.98 Å². The summed E-state index contributed by atoms with van der Waals surface area (Å²) >= 11 is 0. The van der Waals surface area contributed by atoms with E-state index in [2.05, 4.69) is 158 Å². The number of fused-ring (bicyclic) bond motifs is 12. The maximum Gasteiger partial charge on any atom is 0.160 e. The summed E-state index contributed by atoms with van der Waals surface area (Å²) in [4.78, 5) is 10.1. The molecule has 0 spiro atoms. The molecule has 0 saturated heterocycles. The van der Waals surface area contributed by atoms with Gasteiger partial charge in [0.05, 0.1) is 22.4 Å². The lowest BCUT2D eigenvalue weighted by molar-refractivity contribution is 0.620. The van der Waals surface area contributed by atoms with E-state index >= 15 is 0 Å². The van der Waals surface area contributed by atoms with E-state index in [0.29, 0.717) is 5.82 Å². The number of rotatable bonds is 4. The van der Waals surface area contributed by atoms with Gasteiger partial charge in [-0.2, -0.15) is 0 Å². The summed E-state index contributed by atoms with van der Waals surface area (Å²) in [6.07, 6.45) is 0. The number of hydrogen-bond acceptors (Lipinski definition) is 3. The van der Waals surface area contributed by atoms with E-state index < -0.39 is 0 Å². The topological polar surface area (TPSA) is 43.9 Å². The second-order valence-corrected chi connectivity index (χ2v) is 14.5. The van der Waals surface area contributed by atoms with Crippen LogP contribution in [0.2, 0.25) is 0 Å². The minimum Gasteiger partial charge on any atom is -0.456 e. The fourth-order valence-corrected chi connectivity index (χ4v) is 8.79. The maximum absolute atomic E-state index is 6.86. The quantitative estimate of drug-likeness (QED) is 0.186. The highest BCUT2D eigenvalue weighted by atomic mass is 16.3. The zero-order chi connectivity index (χ0) is 35.3. The fourth-order valence-electron chi connectivity index (χ4n) is 8.79. The van der Waals surface area contributed by atoms with Crippen LogP contribution in [0.15, 0.2) is 168 Å². The highest BCUT2D eigenvalue weighted by Crippen LogP contribution is 2.57. The van der Waals surface area contributed by atoms with Crippen molar-refractivity contribution in [3.05, 3.63) is 175 Å². The Hall–Kier alpha value is -6.78. The van der Waals surface area contributed by atoms with E-state index in [9.17, 15) is 0 Å². The Balaban J connectivity index is 1.19. The third-order valence-corrected chi connectivity index (χ3v) is 11.2. The molecule has 3 aromatic heterocycles. The van der Waals surface area contributed by atoms with E-state index in [4.69, 9.17) is 14.4 Å². The molecular formula is C49H33N3O. The predicted molar refractivity (Wildman–Crippen MR) is 218 cm³/mol. The lowest BCUT2D eigenvalue weighted by Crippen LogP contribution is -2.15. The third kappa shape index (κ3) is 4.30. The van der Waals surface area contributed by atoms with Crippen molar-refractivity contribution in [1.29, 1.82) is 0 Å². The van der Waals surface area contributed by atoms with Gasteiger partial charge >= 0.3 is 0 Å². The van der Waals surface area contributed by atoms with Gasteiger partial charge in [0.1, 0.15) is 11.2 Å². The highest BCUT2D eigenvalue weighted by Gasteiger charge is 2.41. The summed E-state index contributed by atoms with van der Waals surface area (Å²) in [6, 6.07) is 57.7. The summed E-state index contributed by atoms with van der Waals surface area (Å²) in [5.41, 5.74) is 15.1. The molecular weight excluding hydrogens is 647 g/mol. The summed E-state index contributed by atoms with van der Waals surface area (Å²) in [7, 11) is 0. The smallest absolute Gasteiger partial charge is 0.160 e. The van der Waals surface area contributed by atoms with Gasteiger partial charge in [0.25, 0.3) is 0 Å². The first-order valence-electron chi connectivity index (χ1n) is 18.2. The van der Waals surface area contributed by atoms with Crippen molar-refractivity contribution in [2.75, 3.05) is 0 Å². The average Bonchev–Trinajstić information content (AvgIpc) is 3.84. The van der Waals surface area contributed by atoms with Crippen LogP contribution < -0.4 is 0 Å². The molecule has 1 aliphatic carbocycles. The molecule has 0 fully saturated rings. The second kappa shape index (κ2) is 11.1. The van der Waals surface area contributed by atoms with Crippen LogP contribution in [0.3, 0.4) is 0 Å². The molecule has 11 rings (SSSR count). The molecule has 1 aliphatic rings. The van der Waals surface area contributed by atoms with Gasteiger partial charge in [0.15, 0.2) is 5.82 Å². The van der Waals surface area contributed by atoms with Crippen molar-refractivity contribution < 1.29 is 4.42 Å². The van der Waals surface area contributed by atoms with Crippen LogP contribution in [-0.2, 0) is 5.41 Å². The summed E-state index contributed by atoms with van der Waals surface area (Å²) in [5.74, 6) is 0.710. The second-order valence-electron chi connectivity index (χ2n) is 14.5. The van der Waals surface area contributed by atoms with E-state index in [1.807, 2.05) is 24.3 Å². The fraction of sp³-hybridized carbons (Fsp3) is 0.0612. The van der Waals surface area contributed by atoms with Crippen molar-refractivity contribution in [1.82, 2.24) is 14.5 Å². The lowest BCUT2D eigenvalue weighted by atomic mass is 9.81. The molecule has 0 aliphatic heterocycles. The lowest BCUT2D eigenvalue weighted by Gasteiger charge is -2.22. The van der Waals surface area contributed by atoms with Crippen molar-refractivity contribution in [2.24, 2.45) is 0 Å². The van der Waals surface area contributed by atoms with Crippen LogP contribution >= 0.6 is 0 Å². The number of para-hydroxylation sites is 2. The molecule has 0 unspecified atom stereocenters. The van der Waals surface area contributed by atoms with Gasteiger partial charge in [0.2, 0.25) is 0 Å². The van der Waals surface area contributed by atoms with E-state index in [0.717, 1.165) is 55.8 Å². The molecule has 10 aromatic rings. The first-order chi connectivity index (χ1) is 26.1. The molecule has 0 saturated carbocycles. The number of hydrogen-bond donors (Lipinski definition) is 0. The minimum atomic E-state index is -0.253. The zero-order valence-electron chi connectivity index (χ0n) is 29.3. The van der Waals surface area contributed by atoms with Crippen molar-refractivity contribution in [2.45, 2.75) is 19.3 Å². The van der Waals surface area contributed by atoms with Crippen LogP contribution in [-0.4, -0.2) is 14.5 Å². The van der Waals surface area contributed by atoms with Crippen LogP contribution in [0.1, 0.15) is 25.0 Å². The molecule has 4 heteroatoms. The van der Waals surface area contributed by atoms with Crippen LogP contribution in [0, 0.1) is 0 Å². The number of benzene rings is 7. The van der Waals surface area contributed by atoms with Crippen molar-refractivity contribution in [3.63, 3.8) is 0 Å². The van der Waals surface area contributed by atoms with Crippen molar-refractivity contribution in [3.8, 4) is 50.7 Å². The SMILES string of the molecule is CC1(C)c2ccccc2-c2c1c1oc3ccccc3c1c1c3ccccc3n(-c3ccc(-c4cc(-c5ccccc5)nc(-c5ccccc5)n4)cc3)c21. The highest BCUT2D eigenvalue weighted by molar-refractivity contribution is 6.32. The third-order valence-electron chi connectivity index (χ3n) is 11.2. The van der Waals surface area contributed by atoms with Crippen LogP contribution in [0.25, 0.3) is 94.5 Å². The van der Waals surface area contributed by atoms with Gasteiger partial charge in [-0.25, -0.2) is 9.97 Å². The Morgan fingerprint density at radius 1 is 0.547 bits per heavy atom. The predicted octanol–water partition coefficient (Wildman–Crippen LogP) is 12.8. The summed E-state index contributed by atoms with van der Waals surface area (Å²) < 4.78 is 9.33. The normalized spacial score (nSPS) is 13.2. The zero-order valence-corrected chi connectivity index (χ0v) is 29.3. The standard InChI is InChI=1S/C49H33N3O/c1-49(2)37-22-12-9-19-34(37)44-45(49)47-43(36-21-11-14-24-41(36)53-47)42-35-20-10-13-23-40(35)52(46(42)44)33-27-25-31(26-28-33)39-29-38(30-15-5-3-6-16-30)50-48(51-39)32-17-7-4-8-18-32/h3-29H,1-2H3. The molecule has 7 aromatic carbocycles. The van der Waals surface area contributed by atoms with Crippen LogP contribution in [0.4, 0.5) is 0 Å². The number of furan rings is 1. The Morgan fingerprint density at radius 2 is 1.15 bits per heavy atom. The molecule has 0 N–H and O–H groups in total. The van der Waals surface area contributed by atoms with Gasteiger partial charge in [-0.1, -0.05) is 147 Å². The molecule has 53 heavy (non-hydrogen) atoms. The molecule has 4 nitrogen and oxygen atoms in total. The number of nitrogens with zero attached hydrogens (tertiary/aromatic N) is 3. The van der Waals surface area contributed by atoms with Gasteiger partial charge in [-0.3, -0.25) is 0 Å². The molecule has 0 radical (unpaired) electrons. The first kappa shape index (κ1) is 29.9. The Labute approximate surface area is 306 Å². The minimum absolute atomic E-state index is 0.253. The molecule has 0 amide bonds. The van der Waals surface area contributed by atoms with Crippen molar-refractivity contribution >= 4 is 43.7 Å². The Morgan fingerprint density at radius 3 is 1.91 bits per heavy atom. The summed E-state index contributed by atoms with van der Waals surface area (Å²) in [6.45, 7) is 4.68. The van der Waals surface area contributed by atoms with Crippen LogP contribution in [0.5, 0.6) is 0 Å². The molecule has 0 atom stereocenters.